The molecule has 2 aromatic carbocycles. The van der Waals surface area contributed by atoms with Crippen molar-refractivity contribution in [3.05, 3.63) is 42.0 Å². The lowest BCUT2D eigenvalue weighted by molar-refractivity contribution is 0.108. The van der Waals surface area contributed by atoms with Crippen LogP contribution in [0.1, 0.15) is 10.4 Å². The highest BCUT2D eigenvalue weighted by Crippen LogP contribution is 2.22. The van der Waals surface area contributed by atoms with Crippen molar-refractivity contribution in [3.63, 3.8) is 0 Å². The Balaban J connectivity index is 2.73. The van der Waals surface area contributed by atoms with Gasteiger partial charge in [-0.25, -0.2) is 0 Å². The molecular formula is C11H8ClNO. The van der Waals surface area contributed by atoms with E-state index in [4.69, 9.17) is 17.3 Å². The molecule has 0 radical (unpaired) electrons. The first-order valence-electron chi connectivity index (χ1n) is 4.16. The summed E-state index contributed by atoms with van der Waals surface area (Å²) in [5, 5.41) is 1.42. The number of fused-ring (bicyclic) bond motifs is 1. The van der Waals surface area contributed by atoms with E-state index in [1.165, 1.54) is 0 Å². The summed E-state index contributed by atoms with van der Waals surface area (Å²) in [6.45, 7) is 0. The van der Waals surface area contributed by atoms with Gasteiger partial charge in [-0.05, 0) is 35.2 Å². The fraction of sp³-hybridized carbons (Fsp3) is 0. The third-order valence-electron chi connectivity index (χ3n) is 2.14. The van der Waals surface area contributed by atoms with Crippen molar-refractivity contribution in [1.82, 2.24) is 0 Å². The van der Waals surface area contributed by atoms with E-state index in [-0.39, 0.29) is 0 Å². The molecule has 0 saturated carbocycles. The molecule has 2 rings (SSSR count). The molecule has 0 atom stereocenters. The number of nitrogen functional groups attached to an aromatic ring is 1. The summed E-state index contributed by atoms with van der Waals surface area (Å²) in [5.74, 6) is 0. The third kappa shape index (κ3) is 1.44. The van der Waals surface area contributed by atoms with Crippen LogP contribution in [-0.2, 0) is 0 Å². The van der Waals surface area contributed by atoms with E-state index in [9.17, 15) is 4.79 Å². The van der Waals surface area contributed by atoms with Crippen molar-refractivity contribution >= 4 is 33.3 Å². The number of anilines is 1. The molecule has 70 valence electrons. The Bertz CT molecular complexity index is 508. The van der Waals surface area contributed by atoms with Crippen LogP contribution in [0.5, 0.6) is 0 Å². The highest BCUT2D eigenvalue weighted by atomic mass is 35.5. The van der Waals surface area contributed by atoms with Gasteiger partial charge in [0.1, 0.15) is 0 Å². The normalized spacial score (nSPS) is 10.4. The van der Waals surface area contributed by atoms with Crippen molar-refractivity contribution < 1.29 is 4.79 Å². The molecule has 2 N–H and O–H groups in total. The molecule has 0 aliphatic carbocycles. The average molecular weight is 206 g/mol. The quantitative estimate of drug-likeness (QED) is 0.575. The van der Waals surface area contributed by atoms with E-state index in [0.717, 1.165) is 10.8 Å². The smallest absolute Gasteiger partial charge is 0.252 e. The summed E-state index contributed by atoms with van der Waals surface area (Å²) in [6.07, 6.45) is 0. The fourth-order valence-corrected chi connectivity index (χ4v) is 1.55. The van der Waals surface area contributed by atoms with E-state index >= 15 is 0 Å². The second kappa shape index (κ2) is 3.31. The topological polar surface area (TPSA) is 43.1 Å². The molecule has 0 aliphatic rings. The third-order valence-corrected chi connectivity index (χ3v) is 2.36. The Kier molecular flexibility index (Phi) is 2.14. The Morgan fingerprint density at radius 3 is 2.71 bits per heavy atom. The predicted molar refractivity (Wildman–Crippen MR) is 58.5 cm³/mol. The molecular weight excluding hydrogens is 198 g/mol. The molecule has 0 unspecified atom stereocenters. The summed E-state index contributed by atoms with van der Waals surface area (Å²) in [7, 11) is 0. The minimum absolute atomic E-state index is 0.450. The summed E-state index contributed by atoms with van der Waals surface area (Å²) in [5.41, 5.74) is 6.96. The summed E-state index contributed by atoms with van der Waals surface area (Å²) in [6, 6.07) is 10.8. The van der Waals surface area contributed by atoms with Crippen LogP contribution in [0, 0.1) is 0 Å². The number of carbonyl (C=O) groups is 1. The van der Waals surface area contributed by atoms with Crippen molar-refractivity contribution in [2.45, 2.75) is 0 Å². The van der Waals surface area contributed by atoms with Crippen LogP contribution in [0.4, 0.5) is 5.69 Å². The number of hydrogen-bond acceptors (Lipinski definition) is 2. The maximum atomic E-state index is 10.9. The van der Waals surface area contributed by atoms with Crippen molar-refractivity contribution in [3.8, 4) is 0 Å². The van der Waals surface area contributed by atoms with Crippen LogP contribution in [0.2, 0.25) is 0 Å². The van der Waals surface area contributed by atoms with E-state index in [1.54, 1.807) is 18.2 Å². The van der Waals surface area contributed by atoms with Crippen LogP contribution in [-0.4, -0.2) is 5.24 Å². The van der Waals surface area contributed by atoms with E-state index in [1.807, 2.05) is 18.2 Å². The molecule has 0 spiro atoms. The molecule has 2 aromatic rings. The second-order valence-corrected chi connectivity index (χ2v) is 3.40. The zero-order chi connectivity index (χ0) is 10.1. The number of carbonyl (C=O) groups excluding carboxylic acids is 1. The molecule has 0 fully saturated rings. The van der Waals surface area contributed by atoms with Crippen LogP contribution in [0.3, 0.4) is 0 Å². The maximum absolute atomic E-state index is 10.9. The maximum Gasteiger partial charge on any atom is 0.252 e. The van der Waals surface area contributed by atoms with Gasteiger partial charge in [-0.3, -0.25) is 4.79 Å². The second-order valence-electron chi connectivity index (χ2n) is 3.06. The minimum Gasteiger partial charge on any atom is -0.398 e. The molecule has 0 aliphatic heterocycles. The standard InChI is InChI=1S/C11H8ClNO/c12-11(14)8-4-5-9-7(6-8)2-1-3-10(9)13/h1-6H,13H2. The highest BCUT2D eigenvalue weighted by molar-refractivity contribution is 6.67. The zero-order valence-electron chi connectivity index (χ0n) is 7.33. The number of nitrogens with two attached hydrogens (primary N) is 1. The first kappa shape index (κ1) is 9.03. The zero-order valence-corrected chi connectivity index (χ0v) is 8.08. The Labute approximate surface area is 86.3 Å². The van der Waals surface area contributed by atoms with Crippen molar-refractivity contribution in [1.29, 1.82) is 0 Å². The first-order chi connectivity index (χ1) is 6.68. The number of hydrogen-bond donors (Lipinski definition) is 1. The van der Waals surface area contributed by atoms with Crippen LogP contribution in [0.25, 0.3) is 10.8 Å². The van der Waals surface area contributed by atoms with E-state index < -0.39 is 5.24 Å². The largest absolute Gasteiger partial charge is 0.398 e. The predicted octanol–water partition coefficient (Wildman–Crippen LogP) is 2.80. The molecule has 0 saturated heterocycles. The lowest BCUT2D eigenvalue weighted by Crippen LogP contribution is -1.90. The van der Waals surface area contributed by atoms with Gasteiger partial charge < -0.3 is 5.73 Å². The lowest BCUT2D eigenvalue weighted by atomic mass is 10.1. The van der Waals surface area contributed by atoms with E-state index in [2.05, 4.69) is 0 Å². The van der Waals surface area contributed by atoms with Gasteiger partial charge in [-0.2, -0.15) is 0 Å². The molecule has 0 heterocycles. The Morgan fingerprint density at radius 1 is 1.21 bits per heavy atom. The SMILES string of the molecule is Nc1cccc2cc(C(=O)Cl)ccc12. The lowest BCUT2D eigenvalue weighted by Gasteiger charge is -2.02. The van der Waals surface area contributed by atoms with Crippen LogP contribution in [0.15, 0.2) is 36.4 Å². The first-order valence-corrected chi connectivity index (χ1v) is 4.54. The molecule has 0 amide bonds. The van der Waals surface area contributed by atoms with Gasteiger partial charge in [-0.1, -0.05) is 18.2 Å². The van der Waals surface area contributed by atoms with Gasteiger partial charge in [0.25, 0.3) is 5.24 Å². The molecule has 0 bridgehead atoms. The molecule has 2 nitrogen and oxygen atoms in total. The Hall–Kier alpha value is -1.54. The van der Waals surface area contributed by atoms with Crippen LogP contribution < -0.4 is 5.73 Å². The van der Waals surface area contributed by atoms with Crippen molar-refractivity contribution in [2.75, 3.05) is 5.73 Å². The summed E-state index contributed by atoms with van der Waals surface area (Å²) >= 11 is 5.37. The Morgan fingerprint density at radius 2 is 2.00 bits per heavy atom. The number of benzene rings is 2. The van der Waals surface area contributed by atoms with Crippen molar-refractivity contribution in [2.24, 2.45) is 0 Å². The van der Waals surface area contributed by atoms with Gasteiger partial charge in [0.15, 0.2) is 0 Å². The monoisotopic (exact) mass is 205 g/mol. The van der Waals surface area contributed by atoms with Gasteiger partial charge in [0.05, 0.1) is 0 Å². The molecule has 3 heteroatoms. The van der Waals surface area contributed by atoms with E-state index in [0.29, 0.717) is 11.3 Å². The van der Waals surface area contributed by atoms with Crippen LogP contribution >= 0.6 is 11.6 Å². The number of rotatable bonds is 1. The minimum atomic E-state index is -0.450. The van der Waals surface area contributed by atoms with Gasteiger partial charge in [0.2, 0.25) is 0 Å². The highest BCUT2D eigenvalue weighted by Gasteiger charge is 2.03. The molecule has 0 aromatic heterocycles. The van der Waals surface area contributed by atoms with Gasteiger partial charge >= 0.3 is 0 Å². The molecule has 14 heavy (non-hydrogen) atoms. The van der Waals surface area contributed by atoms with Gasteiger partial charge in [0, 0.05) is 16.6 Å². The summed E-state index contributed by atoms with van der Waals surface area (Å²) in [4.78, 5) is 10.9. The summed E-state index contributed by atoms with van der Waals surface area (Å²) < 4.78 is 0. The average Bonchev–Trinajstić information content (AvgIpc) is 2.17. The number of halogens is 1. The fourth-order valence-electron chi connectivity index (χ4n) is 1.43. The van der Waals surface area contributed by atoms with Gasteiger partial charge in [-0.15, -0.1) is 0 Å².